The Balaban J connectivity index is 1.80. The molecule has 0 unspecified atom stereocenters. The molecule has 26 heavy (non-hydrogen) atoms. The van der Waals surface area contributed by atoms with Gasteiger partial charge < -0.3 is 10.3 Å². The number of amides is 1. The van der Waals surface area contributed by atoms with E-state index < -0.39 is 0 Å². The number of hydrogen-bond acceptors (Lipinski definition) is 3. The molecule has 0 radical (unpaired) electrons. The molecule has 3 rings (SSSR count). The van der Waals surface area contributed by atoms with Crippen molar-refractivity contribution in [2.45, 2.75) is 32.9 Å². The Hall–Kier alpha value is -2.61. The summed E-state index contributed by atoms with van der Waals surface area (Å²) in [5.41, 5.74) is 1.34. The highest BCUT2D eigenvalue weighted by Crippen LogP contribution is 2.14. The molecule has 0 spiro atoms. The molecule has 0 atom stereocenters. The third kappa shape index (κ3) is 3.65. The molecule has 2 N–H and O–H groups in total. The number of hydrogen-bond donors (Lipinski definition) is 2. The fraction of sp³-hybridized carbons (Fsp3) is 0.278. The first-order valence-electron chi connectivity index (χ1n) is 8.37. The second-order valence-corrected chi connectivity index (χ2v) is 6.85. The van der Waals surface area contributed by atoms with Gasteiger partial charge >= 0.3 is 5.69 Å². The Morgan fingerprint density at radius 3 is 2.46 bits per heavy atom. The Morgan fingerprint density at radius 2 is 1.81 bits per heavy atom. The van der Waals surface area contributed by atoms with Crippen LogP contribution >= 0.6 is 15.9 Å². The van der Waals surface area contributed by atoms with Gasteiger partial charge in [-0.3, -0.25) is 18.7 Å². The van der Waals surface area contributed by atoms with E-state index >= 15 is 0 Å². The second kappa shape index (κ2) is 7.74. The molecule has 0 aliphatic heterocycles. The normalized spacial score (nSPS) is 11.0. The average molecular weight is 419 g/mol. The van der Waals surface area contributed by atoms with Gasteiger partial charge in [0.25, 0.3) is 5.56 Å². The van der Waals surface area contributed by atoms with Crippen LogP contribution in [0, 0.1) is 0 Å². The van der Waals surface area contributed by atoms with E-state index in [1.807, 2.05) is 31.2 Å². The number of halogens is 1. The summed E-state index contributed by atoms with van der Waals surface area (Å²) in [6.07, 6.45) is 2.44. The molecule has 0 aliphatic rings. The van der Waals surface area contributed by atoms with Crippen LogP contribution in [0.25, 0.3) is 11.0 Å². The number of rotatable bonds is 6. The molecule has 0 saturated carbocycles. The van der Waals surface area contributed by atoms with Gasteiger partial charge in [-0.25, -0.2) is 4.79 Å². The van der Waals surface area contributed by atoms with Crippen LogP contribution in [-0.4, -0.2) is 20.0 Å². The number of imidazole rings is 1. The summed E-state index contributed by atoms with van der Waals surface area (Å²) in [6.45, 7) is 2.89. The van der Waals surface area contributed by atoms with Crippen LogP contribution in [0.5, 0.6) is 0 Å². The van der Waals surface area contributed by atoms with Crippen LogP contribution in [0.4, 0.5) is 5.69 Å². The zero-order chi connectivity index (χ0) is 18.7. The Morgan fingerprint density at radius 1 is 1.15 bits per heavy atom. The first-order chi connectivity index (χ1) is 12.5. The monoisotopic (exact) mass is 418 g/mol. The van der Waals surface area contributed by atoms with Gasteiger partial charge in [-0.15, -0.1) is 0 Å². The van der Waals surface area contributed by atoms with Crippen LogP contribution in [0.2, 0.25) is 0 Å². The van der Waals surface area contributed by atoms with Crippen molar-refractivity contribution in [1.82, 2.24) is 14.1 Å². The SMILES string of the molecule is CCCn1c(=O)n(CCC(=O)Nc2cc(Br)c[nH]c2=O)c2ccccc21. The molecule has 8 heteroatoms. The van der Waals surface area contributed by atoms with Crippen LogP contribution in [0.1, 0.15) is 19.8 Å². The van der Waals surface area contributed by atoms with Gasteiger partial charge in [0.1, 0.15) is 5.69 Å². The van der Waals surface area contributed by atoms with Crippen LogP contribution in [0.3, 0.4) is 0 Å². The molecule has 0 fully saturated rings. The number of benzene rings is 1. The number of aromatic amines is 1. The number of fused-ring (bicyclic) bond motifs is 1. The molecule has 0 saturated heterocycles. The summed E-state index contributed by atoms with van der Waals surface area (Å²) >= 11 is 3.25. The molecule has 3 aromatic rings. The van der Waals surface area contributed by atoms with E-state index in [-0.39, 0.29) is 35.8 Å². The first-order valence-corrected chi connectivity index (χ1v) is 9.16. The topological polar surface area (TPSA) is 88.9 Å². The van der Waals surface area contributed by atoms with E-state index in [1.165, 1.54) is 12.3 Å². The van der Waals surface area contributed by atoms with Gasteiger partial charge in [-0.05, 0) is 40.5 Å². The number of aryl methyl sites for hydroxylation is 2. The van der Waals surface area contributed by atoms with Gasteiger partial charge in [-0.2, -0.15) is 0 Å². The van der Waals surface area contributed by atoms with E-state index in [9.17, 15) is 14.4 Å². The molecular weight excluding hydrogens is 400 g/mol. The molecular formula is C18H19BrN4O3. The highest BCUT2D eigenvalue weighted by molar-refractivity contribution is 9.10. The lowest BCUT2D eigenvalue weighted by atomic mass is 10.3. The maximum absolute atomic E-state index is 12.7. The van der Waals surface area contributed by atoms with E-state index in [2.05, 4.69) is 26.2 Å². The number of nitrogens with zero attached hydrogens (tertiary/aromatic N) is 2. The maximum atomic E-state index is 12.7. The number of para-hydroxylation sites is 2. The number of nitrogens with one attached hydrogen (secondary N) is 2. The van der Waals surface area contributed by atoms with E-state index in [4.69, 9.17) is 0 Å². The number of anilines is 1. The highest BCUT2D eigenvalue weighted by atomic mass is 79.9. The number of carbonyl (C=O) groups excluding carboxylic acids is 1. The van der Waals surface area contributed by atoms with Crippen molar-refractivity contribution in [2.24, 2.45) is 0 Å². The minimum absolute atomic E-state index is 0.0893. The average Bonchev–Trinajstić information content (AvgIpc) is 2.89. The summed E-state index contributed by atoms with van der Waals surface area (Å²) in [4.78, 5) is 39.2. The summed E-state index contributed by atoms with van der Waals surface area (Å²) in [7, 11) is 0. The van der Waals surface area contributed by atoms with Gasteiger partial charge in [0.15, 0.2) is 0 Å². The molecule has 1 amide bonds. The zero-order valence-electron chi connectivity index (χ0n) is 14.3. The minimum Gasteiger partial charge on any atom is -0.326 e. The third-order valence-corrected chi connectivity index (χ3v) is 4.53. The van der Waals surface area contributed by atoms with E-state index in [1.54, 1.807) is 9.13 Å². The van der Waals surface area contributed by atoms with Crippen molar-refractivity contribution in [3.05, 3.63) is 61.8 Å². The predicted molar refractivity (Wildman–Crippen MR) is 104 cm³/mol. The lowest BCUT2D eigenvalue weighted by Crippen LogP contribution is -2.27. The van der Waals surface area contributed by atoms with Crippen molar-refractivity contribution in [3.8, 4) is 0 Å². The molecule has 2 heterocycles. The van der Waals surface area contributed by atoms with Crippen molar-refractivity contribution in [2.75, 3.05) is 5.32 Å². The summed E-state index contributed by atoms with van der Waals surface area (Å²) < 4.78 is 3.99. The van der Waals surface area contributed by atoms with Crippen LogP contribution in [-0.2, 0) is 17.9 Å². The van der Waals surface area contributed by atoms with Gasteiger partial charge in [0.05, 0.1) is 11.0 Å². The summed E-state index contributed by atoms with van der Waals surface area (Å²) in [6, 6.07) is 9.08. The molecule has 136 valence electrons. The van der Waals surface area contributed by atoms with E-state index in [0.717, 1.165) is 17.5 Å². The van der Waals surface area contributed by atoms with Gasteiger partial charge in [0.2, 0.25) is 5.91 Å². The smallest absolute Gasteiger partial charge is 0.326 e. The largest absolute Gasteiger partial charge is 0.329 e. The zero-order valence-corrected chi connectivity index (χ0v) is 15.9. The summed E-state index contributed by atoms with van der Waals surface area (Å²) in [5.74, 6) is -0.326. The molecule has 0 aliphatic carbocycles. The van der Waals surface area contributed by atoms with Gasteiger partial charge in [0, 0.05) is 30.2 Å². The lowest BCUT2D eigenvalue weighted by Gasteiger charge is -2.06. The molecule has 0 bridgehead atoms. The fourth-order valence-electron chi connectivity index (χ4n) is 2.90. The molecule has 7 nitrogen and oxygen atoms in total. The second-order valence-electron chi connectivity index (χ2n) is 5.93. The number of H-pyrrole nitrogens is 1. The Kier molecular flexibility index (Phi) is 5.41. The van der Waals surface area contributed by atoms with Crippen molar-refractivity contribution < 1.29 is 4.79 Å². The van der Waals surface area contributed by atoms with Crippen LogP contribution < -0.4 is 16.6 Å². The van der Waals surface area contributed by atoms with Gasteiger partial charge in [-0.1, -0.05) is 19.1 Å². The Bertz CT molecular complexity index is 1060. The minimum atomic E-state index is -0.377. The third-order valence-electron chi connectivity index (χ3n) is 4.08. The van der Waals surface area contributed by atoms with Crippen molar-refractivity contribution in [3.63, 3.8) is 0 Å². The Labute approximate surface area is 157 Å². The molecule has 2 aromatic heterocycles. The van der Waals surface area contributed by atoms with Crippen LogP contribution in [0.15, 0.2) is 50.6 Å². The lowest BCUT2D eigenvalue weighted by molar-refractivity contribution is -0.116. The summed E-state index contributed by atoms with van der Waals surface area (Å²) in [5, 5.41) is 2.59. The maximum Gasteiger partial charge on any atom is 0.329 e. The van der Waals surface area contributed by atoms with E-state index in [0.29, 0.717) is 11.0 Å². The molecule has 1 aromatic carbocycles. The fourth-order valence-corrected chi connectivity index (χ4v) is 3.25. The quantitative estimate of drug-likeness (QED) is 0.644. The number of aromatic nitrogens is 3. The standard InChI is InChI=1S/C18H19BrN4O3/c1-2-8-22-14-5-3-4-6-15(14)23(18(22)26)9-7-16(24)21-13-10-12(19)11-20-17(13)25/h3-6,10-11H,2,7-9H2,1H3,(H,20,25)(H,21,24). The number of carbonyl (C=O) groups is 1. The van der Waals surface area contributed by atoms with Crippen molar-refractivity contribution >= 4 is 38.6 Å². The highest BCUT2D eigenvalue weighted by Gasteiger charge is 2.14. The van der Waals surface area contributed by atoms with Crippen molar-refractivity contribution in [1.29, 1.82) is 0 Å². The predicted octanol–water partition coefficient (Wildman–Crippen LogP) is 2.69. The number of pyridine rings is 1. The first kappa shape index (κ1) is 18.2.